The molecule has 3 aliphatic rings. The predicted octanol–water partition coefficient (Wildman–Crippen LogP) is 4.42. The van der Waals surface area contributed by atoms with Crippen LogP contribution in [0.2, 0.25) is 0 Å². The number of halogens is 4. The van der Waals surface area contributed by atoms with Gasteiger partial charge in [-0.3, -0.25) is 23.9 Å². The van der Waals surface area contributed by atoms with Crippen LogP contribution in [0.3, 0.4) is 0 Å². The van der Waals surface area contributed by atoms with Gasteiger partial charge in [-0.15, -0.1) is 4.68 Å². The molecule has 3 aliphatic heterocycles. The Bertz CT molecular complexity index is 2140. The lowest BCUT2D eigenvalue weighted by Crippen LogP contribution is -2.51. The molecule has 20 heteroatoms. The number of piperidine rings is 2. The van der Waals surface area contributed by atoms with E-state index in [0.29, 0.717) is 64.0 Å². The second-order valence-electron chi connectivity index (χ2n) is 14.5. The molecule has 0 saturated carbocycles. The Morgan fingerprint density at radius 2 is 1.68 bits per heavy atom. The predicted molar refractivity (Wildman–Crippen MR) is 201 cm³/mol. The molecule has 0 unspecified atom stereocenters. The van der Waals surface area contributed by atoms with Gasteiger partial charge in [0.25, 0.3) is 17.4 Å². The zero-order chi connectivity index (χ0) is 40.3. The number of anilines is 4. The molecule has 57 heavy (non-hydrogen) atoms. The van der Waals surface area contributed by atoms with E-state index in [1.807, 2.05) is 4.90 Å². The molecule has 2 aromatic heterocycles. The zero-order valence-electron chi connectivity index (χ0n) is 31.2. The fourth-order valence-corrected chi connectivity index (χ4v) is 7.66. The van der Waals surface area contributed by atoms with E-state index in [9.17, 15) is 27.6 Å². The summed E-state index contributed by atoms with van der Waals surface area (Å²) >= 11 is 0. The Balaban J connectivity index is 0.929. The maximum absolute atomic E-state index is 15.6. The van der Waals surface area contributed by atoms with Crippen molar-refractivity contribution in [3.63, 3.8) is 0 Å². The van der Waals surface area contributed by atoms with Crippen molar-refractivity contribution in [2.24, 2.45) is 11.7 Å². The molecule has 3 fully saturated rings. The molecule has 306 valence electrons. The molecule has 0 aliphatic carbocycles. The number of amides is 2. The Morgan fingerprint density at radius 1 is 0.947 bits per heavy atom. The summed E-state index contributed by atoms with van der Waals surface area (Å²) in [5.74, 6) is -2.00. The number of alkyl halides is 3. The summed E-state index contributed by atoms with van der Waals surface area (Å²) in [4.78, 5) is 41.1. The van der Waals surface area contributed by atoms with Crippen molar-refractivity contribution in [2.45, 2.75) is 44.8 Å². The number of nitrogens with one attached hydrogen (secondary N) is 3. The maximum atomic E-state index is 15.6. The number of carbonyl (C=O) groups excluding carboxylic acids is 2. The van der Waals surface area contributed by atoms with Crippen molar-refractivity contribution < 1.29 is 40.9 Å². The minimum atomic E-state index is -4.57. The third kappa shape index (κ3) is 9.38. The average molecular weight is 801 g/mol. The lowest BCUT2D eigenvalue weighted by atomic mass is 9.94. The summed E-state index contributed by atoms with van der Waals surface area (Å²) in [6.45, 7) is 6.56. The number of hydrogen-bond acceptors (Lipinski definition) is 12. The van der Waals surface area contributed by atoms with E-state index in [1.54, 1.807) is 28.1 Å². The third-order valence-electron chi connectivity index (χ3n) is 10.5. The van der Waals surface area contributed by atoms with Gasteiger partial charge >= 0.3 is 11.9 Å². The van der Waals surface area contributed by atoms with E-state index >= 15 is 4.39 Å². The van der Waals surface area contributed by atoms with Crippen molar-refractivity contribution in [1.82, 2.24) is 25.4 Å². The van der Waals surface area contributed by atoms with Crippen molar-refractivity contribution in [2.75, 3.05) is 79.0 Å². The largest absolute Gasteiger partial charge is 0.418 e. The van der Waals surface area contributed by atoms with Gasteiger partial charge in [-0.1, -0.05) is 6.07 Å². The molecule has 7 rings (SSSR count). The van der Waals surface area contributed by atoms with E-state index < -0.39 is 34.8 Å². The monoisotopic (exact) mass is 800 g/mol. The SMILES string of the molecule is CC(=O)N[C@@H]1CCCN(n2ooc(C(N)=O)c(Nc3ccc(N4CCN(CC5CCN(c6ccc(-c7ccc(=O)[nH]n7)cc6C(F)(F)F)CC5)CC4)c(F)c3)o2)C1. The van der Waals surface area contributed by atoms with Crippen LogP contribution in [-0.4, -0.2) is 96.9 Å². The molecular weight excluding hydrogens is 756 g/mol. The average Bonchev–Trinajstić information content (AvgIpc) is 3.18. The summed E-state index contributed by atoms with van der Waals surface area (Å²) < 4.78 is 74.2. The van der Waals surface area contributed by atoms with Gasteiger partial charge in [0.1, 0.15) is 5.82 Å². The first kappa shape index (κ1) is 39.3. The van der Waals surface area contributed by atoms with Crippen LogP contribution in [0.5, 0.6) is 0 Å². The first-order valence-corrected chi connectivity index (χ1v) is 18.8. The Hall–Kier alpha value is -5.92. The fourth-order valence-electron chi connectivity index (χ4n) is 7.66. The van der Waals surface area contributed by atoms with Crippen LogP contribution in [0.4, 0.5) is 40.5 Å². The van der Waals surface area contributed by atoms with Gasteiger partial charge in [-0.25, -0.2) is 14.5 Å². The van der Waals surface area contributed by atoms with E-state index in [-0.39, 0.29) is 40.5 Å². The number of aromatic nitrogens is 3. The van der Waals surface area contributed by atoms with Crippen LogP contribution < -0.4 is 36.7 Å². The molecule has 0 radical (unpaired) electrons. The molecule has 2 aromatic carbocycles. The van der Waals surface area contributed by atoms with Gasteiger partial charge < -0.3 is 30.7 Å². The molecule has 16 nitrogen and oxygen atoms in total. The molecular formula is C37H44F4N10O6. The number of piperazine rings is 1. The minimum absolute atomic E-state index is 0.127. The van der Waals surface area contributed by atoms with Crippen LogP contribution >= 0.6 is 0 Å². The molecule has 4 aromatic rings. The Labute approximate surface area is 323 Å². The summed E-state index contributed by atoms with van der Waals surface area (Å²) in [7, 11) is 0. The number of primary amides is 1. The van der Waals surface area contributed by atoms with Gasteiger partial charge in [0.15, 0.2) is 0 Å². The van der Waals surface area contributed by atoms with Crippen molar-refractivity contribution >= 4 is 34.8 Å². The standard InChI is InChI=1S/C37H44F4N10O6/c1-23(52)43-27-3-2-12-50(22-27)51-55-36(34(35(42)54)56-57-51)44-26-5-8-32(29(38)20-26)49-17-15-47(16-18-49)21-24-10-13-48(14-11-24)31-7-4-25(19-28(31)37(39,40)41)30-6-9-33(53)46-45-30/h4-9,19-20,24,27,44H,2-3,10-18,21-22H2,1H3,(H2,42,54)(H,43,52)(H,46,53)/t27-/m1/s1. The number of hydrogen-bond donors (Lipinski definition) is 4. The number of rotatable bonds is 10. The normalized spacial score (nSPS) is 18.4. The molecule has 5 heterocycles. The zero-order valence-corrected chi connectivity index (χ0v) is 31.2. The molecule has 2 amide bonds. The topological polar surface area (TPSA) is 187 Å². The second-order valence-corrected chi connectivity index (χ2v) is 14.5. The first-order valence-electron chi connectivity index (χ1n) is 18.8. The molecule has 5 N–H and O–H groups in total. The van der Waals surface area contributed by atoms with E-state index in [1.165, 1.54) is 31.2 Å². The van der Waals surface area contributed by atoms with Crippen LogP contribution in [0.15, 0.2) is 67.1 Å². The fraction of sp³-hybridized carbons (Fsp3) is 0.459. The van der Waals surface area contributed by atoms with Crippen molar-refractivity contribution in [1.29, 1.82) is 0 Å². The lowest BCUT2D eigenvalue weighted by molar-refractivity contribution is -0.149. The number of nitrogens with two attached hydrogens (primary N) is 1. The highest BCUT2D eigenvalue weighted by Crippen LogP contribution is 2.40. The van der Waals surface area contributed by atoms with Gasteiger partial charge in [0, 0.05) is 88.3 Å². The van der Waals surface area contributed by atoms with Crippen LogP contribution in [0.1, 0.15) is 48.7 Å². The van der Waals surface area contributed by atoms with Gasteiger partial charge in [-0.05, 0) is 68.0 Å². The molecule has 0 spiro atoms. The first-order chi connectivity index (χ1) is 27.3. The number of aromatic amines is 1. The number of H-pyrrole nitrogens is 1. The summed E-state index contributed by atoms with van der Waals surface area (Å²) in [5.41, 5.74) is 5.60. The Kier molecular flexibility index (Phi) is 11.5. The number of nitrogens with zero attached hydrogens (tertiary/aromatic N) is 6. The quantitative estimate of drug-likeness (QED) is 0.131. The van der Waals surface area contributed by atoms with Crippen LogP contribution in [-0.2, 0) is 11.0 Å². The van der Waals surface area contributed by atoms with Gasteiger partial charge in [0.05, 0.1) is 28.5 Å². The third-order valence-corrected chi connectivity index (χ3v) is 10.5. The maximum Gasteiger partial charge on any atom is 0.418 e. The number of carbonyl (C=O) groups is 2. The highest BCUT2D eigenvalue weighted by atomic mass is 19.4. The van der Waals surface area contributed by atoms with Crippen molar-refractivity contribution in [3.05, 3.63) is 76.0 Å². The lowest BCUT2D eigenvalue weighted by Gasteiger charge is -2.40. The Morgan fingerprint density at radius 3 is 2.35 bits per heavy atom. The van der Waals surface area contributed by atoms with E-state index in [4.69, 9.17) is 19.5 Å². The highest BCUT2D eigenvalue weighted by Gasteiger charge is 2.36. The summed E-state index contributed by atoms with van der Waals surface area (Å²) in [5, 5.41) is 14.4. The van der Waals surface area contributed by atoms with E-state index in [2.05, 4.69) is 25.7 Å². The molecule has 3 saturated heterocycles. The number of benzene rings is 2. The van der Waals surface area contributed by atoms with E-state index in [0.717, 1.165) is 43.3 Å². The van der Waals surface area contributed by atoms with Gasteiger partial charge in [0.2, 0.25) is 5.91 Å². The minimum Gasteiger partial charge on any atom is -0.371 e. The van der Waals surface area contributed by atoms with Crippen LogP contribution in [0, 0.1) is 11.7 Å². The summed E-state index contributed by atoms with van der Waals surface area (Å²) in [6.07, 6.45) is -1.64. The highest BCUT2D eigenvalue weighted by molar-refractivity contribution is 5.94. The van der Waals surface area contributed by atoms with Gasteiger partial charge in [-0.2, -0.15) is 18.3 Å². The smallest absolute Gasteiger partial charge is 0.371 e. The molecule has 1 atom stereocenters. The van der Waals surface area contributed by atoms with Crippen LogP contribution in [0.25, 0.3) is 11.3 Å². The van der Waals surface area contributed by atoms with Crippen molar-refractivity contribution in [3.8, 4) is 11.3 Å². The molecule has 0 bridgehead atoms. The summed E-state index contributed by atoms with van der Waals surface area (Å²) in [6, 6.07) is 11.1. The second kappa shape index (κ2) is 16.7.